The third kappa shape index (κ3) is 2.57. The minimum absolute atomic E-state index is 0.478. The van der Waals surface area contributed by atoms with Crippen molar-refractivity contribution in [1.29, 1.82) is 0 Å². The predicted octanol–water partition coefficient (Wildman–Crippen LogP) is 0.687. The van der Waals surface area contributed by atoms with E-state index in [4.69, 9.17) is 10.5 Å². The van der Waals surface area contributed by atoms with Crippen molar-refractivity contribution in [3.8, 4) is 5.88 Å². The molecule has 0 atom stereocenters. The lowest BCUT2D eigenvalue weighted by atomic mass is 10.3. The van der Waals surface area contributed by atoms with Crippen molar-refractivity contribution >= 4 is 16.9 Å². The topological polar surface area (TPSA) is 64.6 Å². The van der Waals surface area contributed by atoms with Crippen molar-refractivity contribution in [3.05, 3.63) is 37.1 Å². The average Bonchev–Trinajstić information content (AvgIpc) is 3.03. The molecule has 0 radical (unpaired) electrons. The van der Waals surface area contributed by atoms with Crippen molar-refractivity contribution in [3.63, 3.8) is 0 Å². The number of nitrogen functional groups attached to an aromatic ring is 1. The first-order valence-electron chi connectivity index (χ1n) is 7.14. The fourth-order valence-electron chi connectivity index (χ4n) is 2.43. The molecular formula is C15H21N6O+. The van der Waals surface area contributed by atoms with E-state index in [0.717, 1.165) is 17.7 Å². The molecule has 0 spiro atoms. The first kappa shape index (κ1) is 14.2. The number of hydrogen-bond acceptors (Lipinski definition) is 4. The molecule has 7 heteroatoms. The second kappa shape index (κ2) is 5.59. The summed E-state index contributed by atoms with van der Waals surface area (Å²) in [6.07, 6.45) is 7.86. The monoisotopic (exact) mass is 301 g/mol. The van der Waals surface area contributed by atoms with E-state index >= 15 is 0 Å². The van der Waals surface area contributed by atoms with E-state index in [1.807, 2.05) is 67.7 Å². The van der Waals surface area contributed by atoms with Crippen LogP contribution in [0.4, 0.5) is 11.4 Å². The number of nitrogens with two attached hydrogens (primary N) is 1. The van der Waals surface area contributed by atoms with Crippen LogP contribution in [0.5, 0.6) is 5.88 Å². The third-order valence-corrected chi connectivity index (χ3v) is 3.53. The summed E-state index contributed by atoms with van der Waals surface area (Å²) in [5, 5.41) is 4.42. The number of ether oxygens (including phenoxy) is 1. The zero-order valence-corrected chi connectivity index (χ0v) is 13.1. The second-order valence-electron chi connectivity index (χ2n) is 5.47. The van der Waals surface area contributed by atoms with Gasteiger partial charge in [0.05, 0.1) is 12.7 Å². The van der Waals surface area contributed by atoms with E-state index in [1.54, 1.807) is 4.52 Å². The third-order valence-electron chi connectivity index (χ3n) is 3.53. The highest BCUT2D eigenvalue weighted by Gasteiger charge is 2.15. The quantitative estimate of drug-likeness (QED) is 0.704. The zero-order chi connectivity index (χ0) is 15.7. The van der Waals surface area contributed by atoms with Gasteiger partial charge in [0.25, 0.3) is 5.88 Å². The summed E-state index contributed by atoms with van der Waals surface area (Å²) < 4.78 is 11.6. The van der Waals surface area contributed by atoms with E-state index in [-0.39, 0.29) is 0 Å². The van der Waals surface area contributed by atoms with Gasteiger partial charge in [0.1, 0.15) is 36.7 Å². The Hall–Kier alpha value is -2.70. The molecule has 0 bridgehead atoms. The molecule has 3 heterocycles. The van der Waals surface area contributed by atoms with Crippen LogP contribution in [-0.4, -0.2) is 34.9 Å². The van der Waals surface area contributed by atoms with Crippen LogP contribution in [0.2, 0.25) is 0 Å². The van der Waals surface area contributed by atoms with Crippen LogP contribution >= 0.6 is 0 Å². The smallest absolute Gasteiger partial charge is 0.257 e. The highest BCUT2D eigenvalue weighted by molar-refractivity contribution is 5.87. The average molecular weight is 301 g/mol. The number of imidazole rings is 1. The lowest BCUT2D eigenvalue weighted by molar-refractivity contribution is -0.671. The highest BCUT2D eigenvalue weighted by Crippen LogP contribution is 2.31. The van der Waals surface area contributed by atoms with Crippen LogP contribution in [0.15, 0.2) is 37.1 Å². The summed E-state index contributed by atoms with van der Waals surface area (Å²) >= 11 is 0. The molecule has 0 saturated carbocycles. The zero-order valence-electron chi connectivity index (χ0n) is 13.1. The number of anilines is 2. The summed E-state index contributed by atoms with van der Waals surface area (Å²) in [5.74, 6) is 0.478. The van der Waals surface area contributed by atoms with E-state index in [9.17, 15) is 0 Å². The molecule has 0 aliphatic heterocycles. The highest BCUT2D eigenvalue weighted by atomic mass is 16.5. The Morgan fingerprint density at radius 2 is 2.18 bits per heavy atom. The molecule has 7 nitrogen and oxygen atoms in total. The summed E-state index contributed by atoms with van der Waals surface area (Å²) in [7, 11) is 5.95. The summed E-state index contributed by atoms with van der Waals surface area (Å²) in [4.78, 5) is 2.01. The van der Waals surface area contributed by atoms with Gasteiger partial charge in [0, 0.05) is 20.3 Å². The molecule has 0 aromatic carbocycles. The lowest BCUT2D eigenvalue weighted by Crippen LogP contribution is -2.24. The Morgan fingerprint density at radius 1 is 1.36 bits per heavy atom. The molecule has 0 saturated heterocycles. The molecule has 116 valence electrons. The van der Waals surface area contributed by atoms with Gasteiger partial charge in [-0.15, -0.1) is 5.10 Å². The molecule has 0 aliphatic carbocycles. The van der Waals surface area contributed by atoms with Crippen LogP contribution in [0, 0.1) is 0 Å². The van der Waals surface area contributed by atoms with Gasteiger partial charge >= 0.3 is 0 Å². The number of aryl methyl sites for hydroxylation is 1. The normalized spacial score (nSPS) is 11.0. The first-order valence-corrected chi connectivity index (χ1v) is 7.14. The first-order chi connectivity index (χ1) is 10.6. The molecule has 2 N–H and O–H groups in total. The molecule has 0 unspecified atom stereocenters. The molecule has 3 aromatic rings. The van der Waals surface area contributed by atoms with E-state index in [1.165, 1.54) is 0 Å². The summed E-state index contributed by atoms with van der Waals surface area (Å²) in [6.45, 7) is 1.26. The van der Waals surface area contributed by atoms with Gasteiger partial charge in [-0.1, -0.05) is 0 Å². The number of rotatable bonds is 5. The SMILES string of the molecule is CN(C)c1cccn2nc(OCCn3cc[n+](C)c3)c(N)c12. The van der Waals surface area contributed by atoms with Crippen molar-refractivity contribution in [2.75, 3.05) is 31.3 Å². The Balaban J connectivity index is 1.79. The maximum atomic E-state index is 6.22. The van der Waals surface area contributed by atoms with Crippen LogP contribution in [0.1, 0.15) is 0 Å². The minimum Gasteiger partial charge on any atom is -0.471 e. The van der Waals surface area contributed by atoms with Crippen molar-refractivity contribution in [2.24, 2.45) is 7.05 Å². The van der Waals surface area contributed by atoms with Gasteiger partial charge in [-0.2, -0.15) is 0 Å². The molecule has 0 amide bonds. The summed E-state index contributed by atoms with van der Waals surface area (Å²) in [5.41, 5.74) is 8.67. The van der Waals surface area contributed by atoms with E-state index < -0.39 is 0 Å². The second-order valence-corrected chi connectivity index (χ2v) is 5.47. The van der Waals surface area contributed by atoms with Gasteiger partial charge < -0.3 is 15.4 Å². The lowest BCUT2D eigenvalue weighted by Gasteiger charge is -2.13. The van der Waals surface area contributed by atoms with Gasteiger partial charge in [-0.05, 0) is 12.1 Å². The number of pyridine rings is 1. The fraction of sp³-hybridized carbons (Fsp3) is 0.333. The Bertz CT molecular complexity index is 789. The minimum atomic E-state index is 0.478. The van der Waals surface area contributed by atoms with Gasteiger partial charge in [0.15, 0.2) is 0 Å². The predicted molar refractivity (Wildman–Crippen MR) is 85.0 cm³/mol. The van der Waals surface area contributed by atoms with Gasteiger partial charge in [-0.25, -0.2) is 13.6 Å². The fourth-order valence-corrected chi connectivity index (χ4v) is 2.43. The van der Waals surface area contributed by atoms with E-state index in [0.29, 0.717) is 18.2 Å². The Labute approximate surface area is 129 Å². The largest absolute Gasteiger partial charge is 0.471 e. The molecular weight excluding hydrogens is 280 g/mol. The van der Waals surface area contributed by atoms with Crippen LogP contribution in [0.25, 0.3) is 5.52 Å². The van der Waals surface area contributed by atoms with Gasteiger partial charge in [0.2, 0.25) is 6.33 Å². The van der Waals surface area contributed by atoms with E-state index in [2.05, 4.69) is 9.67 Å². The Kier molecular flexibility index (Phi) is 3.62. The van der Waals surface area contributed by atoms with Gasteiger partial charge in [-0.3, -0.25) is 0 Å². The summed E-state index contributed by atoms with van der Waals surface area (Å²) in [6, 6.07) is 3.95. The molecule has 3 aromatic heterocycles. The van der Waals surface area contributed by atoms with Crippen LogP contribution < -0.4 is 19.9 Å². The standard InChI is InChI=1S/C15H21N6O/c1-18(2)12-5-4-6-21-14(12)13(16)15(17-21)22-10-9-20-8-7-19(3)11-20/h4-8,11H,9-10,16H2,1-3H3/q+1. The number of aromatic nitrogens is 4. The van der Waals surface area contributed by atoms with Crippen molar-refractivity contribution in [1.82, 2.24) is 14.2 Å². The molecule has 0 fully saturated rings. The molecule has 0 aliphatic rings. The van der Waals surface area contributed by atoms with Crippen molar-refractivity contribution in [2.45, 2.75) is 6.54 Å². The molecule has 3 rings (SSSR count). The van der Waals surface area contributed by atoms with Crippen LogP contribution in [-0.2, 0) is 13.6 Å². The van der Waals surface area contributed by atoms with Crippen LogP contribution in [0.3, 0.4) is 0 Å². The van der Waals surface area contributed by atoms with Crippen molar-refractivity contribution < 1.29 is 9.30 Å². The maximum absolute atomic E-state index is 6.22. The number of nitrogens with zero attached hydrogens (tertiary/aromatic N) is 5. The molecule has 22 heavy (non-hydrogen) atoms. The Morgan fingerprint density at radius 3 is 2.86 bits per heavy atom. The number of hydrogen-bond donors (Lipinski definition) is 1. The number of fused-ring (bicyclic) bond motifs is 1. The maximum Gasteiger partial charge on any atom is 0.257 e.